The number of aliphatic carboxylic acids is 2. The maximum atomic E-state index is 11.5. The number of unbranched alkanes of at least 4 members (excludes halogenated alkanes) is 1. The molecule has 0 aliphatic heterocycles. The maximum absolute atomic E-state index is 11.5. The van der Waals surface area contributed by atoms with Crippen molar-refractivity contribution in [2.75, 3.05) is 20.1 Å². The normalized spacial score (nSPS) is 12.2. The van der Waals surface area contributed by atoms with Gasteiger partial charge in [-0.2, -0.15) is 0 Å². The first-order valence-electron chi connectivity index (χ1n) is 6.93. The maximum Gasteiger partial charge on any atom is 0.326 e. The smallest absolute Gasteiger partial charge is 0.326 e. The number of carboxylic acid groups (broad SMARTS) is 2. The molecule has 0 aromatic heterocycles. The second-order valence-corrected chi connectivity index (χ2v) is 5.17. The number of carbonyl (C=O) groups is 3. The van der Waals surface area contributed by atoms with Crippen molar-refractivity contribution in [1.82, 2.24) is 15.5 Å². The number of nitrogens with zero attached hydrogens (tertiary/aromatic N) is 1. The molecule has 0 aliphatic rings. The largest absolute Gasteiger partial charge is 0.481 e. The summed E-state index contributed by atoms with van der Waals surface area (Å²) < 4.78 is 0. The lowest BCUT2D eigenvalue weighted by molar-refractivity contribution is -0.145. The van der Waals surface area contributed by atoms with E-state index in [2.05, 4.69) is 29.4 Å². The molecule has 0 spiro atoms. The van der Waals surface area contributed by atoms with Crippen molar-refractivity contribution in [3.05, 3.63) is 0 Å². The highest BCUT2D eigenvalue weighted by Crippen LogP contribution is 1.97. The topological polar surface area (TPSA) is 119 Å². The molecule has 0 radical (unpaired) electrons. The van der Waals surface area contributed by atoms with E-state index in [-0.39, 0.29) is 0 Å². The molecule has 0 bridgehead atoms. The Bertz CT molecular complexity index is 360. The highest BCUT2D eigenvalue weighted by molar-refractivity contribution is 5.86. The number of hydrogen-bond acceptors (Lipinski definition) is 4. The molecule has 0 aromatic rings. The van der Waals surface area contributed by atoms with Crippen LogP contribution in [0.1, 0.15) is 33.1 Å². The SMILES string of the molecule is CC(C)N(C)CCCCNC(=O)NC(CC(=O)O)C(=O)O. The van der Waals surface area contributed by atoms with Gasteiger partial charge in [-0.15, -0.1) is 0 Å². The van der Waals surface area contributed by atoms with Gasteiger partial charge in [-0.1, -0.05) is 0 Å². The van der Waals surface area contributed by atoms with Gasteiger partial charge < -0.3 is 25.7 Å². The molecule has 21 heavy (non-hydrogen) atoms. The molecule has 2 amide bonds. The third-order valence-electron chi connectivity index (χ3n) is 3.09. The average Bonchev–Trinajstić information content (AvgIpc) is 2.36. The molecule has 0 fully saturated rings. The predicted molar refractivity (Wildman–Crippen MR) is 77.2 cm³/mol. The van der Waals surface area contributed by atoms with E-state index in [0.717, 1.165) is 19.4 Å². The summed E-state index contributed by atoms with van der Waals surface area (Å²) in [5, 5.41) is 22.0. The molecule has 8 heteroatoms. The Morgan fingerprint density at radius 3 is 2.24 bits per heavy atom. The Morgan fingerprint density at radius 2 is 1.76 bits per heavy atom. The summed E-state index contributed by atoms with van der Waals surface area (Å²) in [5.41, 5.74) is 0. The summed E-state index contributed by atoms with van der Waals surface area (Å²) in [6, 6.07) is -1.62. The molecule has 122 valence electrons. The Kier molecular flexibility index (Phi) is 9.11. The van der Waals surface area contributed by atoms with Crippen molar-refractivity contribution in [2.45, 2.75) is 45.2 Å². The summed E-state index contributed by atoms with van der Waals surface area (Å²) in [6.07, 6.45) is 1.02. The van der Waals surface area contributed by atoms with Crippen molar-refractivity contribution < 1.29 is 24.6 Å². The lowest BCUT2D eigenvalue weighted by Crippen LogP contribution is -2.47. The van der Waals surface area contributed by atoms with E-state index in [1.807, 2.05) is 7.05 Å². The van der Waals surface area contributed by atoms with E-state index in [1.54, 1.807) is 0 Å². The van der Waals surface area contributed by atoms with E-state index in [1.165, 1.54) is 0 Å². The Morgan fingerprint density at radius 1 is 1.14 bits per heavy atom. The minimum atomic E-state index is -1.42. The molecule has 0 saturated carbocycles. The zero-order chi connectivity index (χ0) is 16.4. The van der Waals surface area contributed by atoms with E-state index < -0.39 is 30.4 Å². The van der Waals surface area contributed by atoms with Crippen molar-refractivity contribution >= 4 is 18.0 Å². The van der Waals surface area contributed by atoms with Crippen molar-refractivity contribution in [1.29, 1.82) is 0 Å². The standard InChI is InChI=1S/C13H25N3O5/c1-9(2)16(3)7-5-4-6-14-13(21)15-10(12(19)20)8-11(17)18/h9-10H,4-8H2,1-3H3,(H,17,18)(H,19,20)(H2,14,15,21). The Hall–Kier alpha value is -1.83. The molecule has 1 unspecified atom stereocenters. The first-order valence-corrected chi connectivity index (χ1v) is 6.93. The summed E-state index contributed by atoms with van der Waals surface area (Å²) in [4.78, 5) is 34.9. The molecule has 0 rings (SSSR count). The molecule has 4 N–H and O–H groups in total. The number of amides is 2. The van der Waals surface area contributed by atoms with Gasteiger partial charge in [0.05, 0.1) is 6.42 Å². The molecule has 0 aromatic carbocycles. The van der Waals surface area contributed by atoms with Crippen LogP contribution in [0.15, 0.2) is 0 Å². The van der Waals surface area contributed by atoms with Crippen LogP contribution in [-0.2, 0) is 9.59 Å². The minimum absolute atomic E-state index is 0.414. The summed E-state index contributed by atoms with van der Waals surface area (Å²) in [7, 11) is 2.02. The highest BCUT2D eigenvalue weighted by atomic mass is 16.4. The van der Waals surface area contributed by atoms with Gasteiger partial charge in [-0.05, 0) is 40.3 Å². The van der Waals surface area contributed by atoms with Crippen LogP contribution in [-0.4, -0.2) is 65.3 Å². The molecular weight excluding hydrogens is 278 g/mol. The average molecular weight is 303 g/mol. The van der Waals surface area contributed by atoms with Gasteiger partial charge in [-0.3, -0.25) is 4.79 Å². The van der Waals surface area contributed by atoms with Crippen LogP contribution in [0.25, 0.3) is 0 Å². The molecule has 0 aliphatic carbocycles. The van der Waals surface area contributed by atoms with E-state index >= 15 is 0 Å². The van der Waals surface area contributed by atoms with Crippen LogP contribution in [0.5, 0.6) is 0 Å². The molecular formula is C13H25N3O5. The first kappa shape index (κ1) is 19.2. The molecule has 1 atom stereocenters. The fourth-order valence-corrected chi connectivity index (χ4v) is 1.53. The van der Waals surface area contributed by atoms with Crippen LogP contribution in [0.3, 0.4) is 0 Å². The van der Waals surface area contributed by atoms with Gasteiger partial charge >= 0.3 is 18.0 Å². The van der Waals surface area contributed by atoms with Crippen molar-refractivity contribution in [2.24, 2.45) is 0 Å². The number of hydrogen-bond donors (Lipinski definition) is 4. The molecule has 0 saturated heterocycles. The van der Waals surface area contributed by atoms with Crippen LogP contribution in [0.2, 0.25) is 0 Å². The van der Waals surface area contributed by atoms with Crippen LogP contribution < -0.4 is 10.6 Å². The quantitative estimate of drug-likeness (QED) is 0.432. The van der Waals surface area contributed by atoms with Gasteiger partial charge in [-0.25, -0.2) is 9.59 Å². The third kappa shape index (κ3) is 9.67. The molecule has 0 heterocycles. The van der Waals surface area contributed by atoms with Gasteiger partial charge in [0.25, 0.3) is 0 Å². The van der Waals surface area contributed by atoms with Crippen LogP contribution in [0, 0.1) is 0 Å². The van der Waals surface area contributed by atoms with Gasteiger partial charge in [0, 0.05) is 12.6 Å². The lowest BCUT2D eigenvalue weighted by Gasteiger charge is -2.20. The van der Waals surface area contributed by atoms with E-state index in [0.29, 0.717) is 12.6 Å². The minimum Gasteiger partial charge on any atom is -0.481 e. The van der Waals surface area contributed by atoms with Crippen molar-refractivity contribution in [3.8, 4) is 0 Å². The number of carbonyl (C=O) groups excluding carboxylic acids is 1. The van der Waals surface area contributed by atoms with E-state index in [9.17, 15) is 14.4 Å². The van der Waals surface area contributed by atoms with Crippen LogP contribution >= 0.6 is 0 Å². The fourth-order valence-electron chi connectivity index (χ4n) is 1.53. The Labute approximate surface area is 124 Å². The van der Waals surface area contributed by atoms with Gasteiger partial charge in [0.2, 0.25) is 0 Å². The number of urea groups is 1. The summed E-state index contributed by atoms with van der Waals surface area (Å²) in [5.74, 6) is -2.65. The third-order valence-corrected chi connectivity index (χ3v) is 3.09. The fraction of sp³-hybridized carbons (Fsp3) is 0.769. The monoisotopic (exact) mass is 303 g/mol. The number of carboxylic acids is 2. The predicted octanol–water partition coefficient (Wildman–Crippen LogP) is 0.334. The van der Waals surface area contributed by atoms with E-state index in [4.69, 9.17) is 10.2 Å². The second kappa shape index (κ2) is 9.98. The summed E-state index contributed by atoms with van der Waals surface area (Å²) in [6.45, 7) is 5.52. The Balaban J connectivity index is 3.88. The van der Waals surface area contributed by atoms with Gasteiger partial charge in [0.1, 0.15) is 6.04 Å². The molecule has 8 nitrogen and oxygen atoms in total. The zero-order valence-electron chi connectivity index (χ0n) is 12.8. The van der Waals surface area contributed by atoms with Crippen LogP contribution in [0.4, 0.5) is 4.79 Å². The zero-order valence-corrected chi connectivity index (χ0v) is 12.8. The number of nitrogens with one attached hydrogen (secondary N) is 2. The second-order valence-electron chi connectivity index (χ2n) is 5.17. The number of rotatable bonds is 10. The van der Waals surface area contributed by atoms with Gasteiger partial charge in [0.15, 0.2) is 0 Å². The first-order chi connectivity index (χ1) is 9.73. The highest BCUT2D eigenvalue weighted by Gasteiger charge is 2.22. The van der Waals surface area contributed by atoms with Crippen molar-refractivity contribution in [3.63, 3.8) is 0 Å². The summed E-state index contributed by atoms with van der Waals surface area (Å²) >= 11 is 0. The lowest BCUT2D eigenvalue weighted by atomic mass is 10.2.